The number of β-amino-alcohol motifs (C(OH)–C–C–N with tert-alkyl or cyclic N) is 1. The van der Waals surface area contributed by atoms with Crippen molar-refractivity contribution in [3.8, 4) is 0 Å². The van der Waals surface area contributed by atoms with Gasteiger partial charge in [0, 0.05) is 33.9 Å². The number of amides is 2. The number of carbonyl (C=O) groups excluding carboxylic acids is 2. The zero-order valence-electron chi connectivity index (χ0n) is 36.8. The van der Waals surface area contributed by atoms with E-state index in [1.807, 2.05) is 0 Å². The van der Waals surface area contributed by atoms with Gasteiger partial charge in [-0.2, -0.15) is 0 Å². The Morgan fingerprint density at radius 1 is 0.847 bits per heavy atom. The number of hydrogen-bond donors (Lipinski definition) is 2. The fraction of sp³-hybridized carbons (Fsp3) is 0.867. The average Bonchev–Trinajstić information content (AvgIpc) is 4.15. The van der Waals surface area contributed by atoms with E-state index in [0.29, 0.717) is 52.0 Å². The van der Waals surface area contributed by atoms with Crippen molar-refractivity contribution in [2.24, 2.45) is 17.8 Å². The first-order valence-corrected chi connectivity index (χ1v) is 22.2. The van der Waals surface area contributed by atoms with E-state index in [9.17, 15) is 19.8 Å². The summed E-state index contributed by atoms with van der Waals surface area (Å²) in [4.78, 5) is 30.3. The van der Waals surface area contributed by atoms with E-state index in [2.05, 4.69) is 46.8 Å². The van der Waals surface area contributed by atoms with Gasteiger partial charge >= 0.3 is 12.2 Å². The highest BCUT2D eigenvalue weighted by Gasteiger charge is 2.75. The maximum absolute atomic E-state index is 14.0. The summed E-state index contributed by atoms with van der Waals surface area (Å²) in [6.07, 6.45) is 7.59. The highest BCUT2D eigenvalue weighted by atomic mass is 16.6. The molecule has 2 saturated carbocycles. The molecular formula is C45H70N2O12. The molecule has 2 spiro atoms. The third-order valence-corrected chi connectivity index (χ3v) is 15.5. The van der Waals surface area contributed by atoms with Gasteiger partial charge in [-0.1, -0.05) is 23.3 Å². The van der Waals surface area contributed by atoms with Gasteiger partial charge < -0.3 is 57.9 Å². The van der Waals surface area contributed by atoms with Gasteiger partial charge in [-0.15, -0.1) is 0 Å². The van der Waals surface area contributed by atoms with Gasteiger partial charge in [0.05, 0.1) is 55.0 Å². The van der Waals surface area contributed by atoms with Gasteiger partial charge in [-0.05, 0) is 112 Å². The van der Waals surface area contributed by atoms with Crippen LogP contribution >= 0.6 is 0 Å². The van der Waals surface area contributed by atoms with Crippen LogP contribution in [0, 0.1) is 17.8 Å². The number of aliphatic hydroxyl groups is 2. The number of epoxide rings is 4. The molecule has 8 rings (SSSR count). The van der Waals surface area contributed by atoms with Crippen LogP contribution in [0.5, 0.6) is 0 Å². The maximum Gasteiger partial charge on any atom is 0.410 e. The van der Waals surface area contributed by atoms with E-state index in [1.54, 1.807) is 37.9 Å². The fourth-order valence-electron chi connectivity index (χ4n) is 12.0. The Balaban J connectivity index is 0.978. The lowest BCUT2D eigenvalue weighted by Gasteiger charge is -2.47. The van der Waals surface area contributed by atoms with Gasteiger partial charge in [0.2, 0.25) is 0 Å². The maximum atomic E-state index is 14.0. The number of ether oxygens (including phenoxy) is 8. The Morgan fingerprint density at radius 3 is 2.05 bits per heavy atom. The minimum Gasteiger partial charge on any atom is -0.443 e. The second-order valence-electron chi connectivity index (χ2n) is 20.3. The lowest BCUT2D eigenvalue weighted by molar-refractivity contribution is -0.141. The van der Waals surface area contributed by atoms with E-state index in [4.69, 9.17) is 37.9 Å². The Hall–Kier alpha value is -2.30. The molecule has 0 aromatic carbocycles. The number of methoxy groups -OCH3 is 2. The molecule has 59 heavy (non-hydrogen) atoms. The molecule has 6 heterocycles. The van der Waals surface area contributed by atoms with Crippen LogP contribution in [0.3, 0.4) is 0 Å². The average molecular weight is 831 g/mol. The molecule has 6 saturated heterocycles. The van der Waals surface area contributed by atoms with Crippen molar-refractivity contribution in [3.05, 3.63) is 23.3 Å². The predicted molar refractivity (Wildman–Crippen MR) is 216 cm³/mol. The van der Waals surface area contributed by atoms with Crippen LogP contribution in [-0.2, 0) is 37.9 Å². The van der Waals surface area contributed by atoms with Gasteiger partial charge in [0.15, 0.2) is 0 Å². The zero-order valence-corrected chi connectivity index (χ0v) is 36.8. The quantitative estimate of drug-likeness (QED) is 0.182. The van der Waals surface area contributed by atoms with Crippen LogP contribution < -0.4 is 0 Å². The van der Waals surface area contributed by atoms with Crippen LogP contribution in [0.25, 0.3) is 0 Å². The van der Waals surface area contributed by atoms with Crippen molar-refractivity contribution >= 4 is 12.2 Å². The highest BCUT2D eigenvalue weighted by Crippen LogP contribution is 2.63. The molecule has 2 aliphatic carbocycles. The Bertz CT molecular complexity index is 1650. The molecule has 8 fully saturated rings. The molecule has 14 nitrogen and oxygen atoms in total. The highest BCUT2D eigenvalue weighted by molar-refractivity contribution is 5.69. The van der Waals surface area contributed by atoms with Crippen LogP contribution in [0.1, 0.15) is 106 Å². The molecule has 2 amide bonds. The third-order valence-electron chi connectivity index (χ3n) is 15.5. The molecule has 0 radical (unpaired) electrons. The van der Waals surface area contributed by atoms with Crippen LogP contribution in [-0.4, -0.2) is 156 Å². The number of allylic oxidation sites excluding steroid dienone is 2. The number of carbonyl (C=O) groups is 2. The topological polar surface area (TPSA) is 168 Å². The summed E-state index contributed by atoms with van der Waals surface area (Å²) in [5.74, 6) is -0.244. The molecule has 332 valence electrons. The van der Waals surface area contributed by atoms with Crippen LogP contribution in [0.2, 0.25) is 0 Å². The fourth-order valence-corrected chi connectivity index (χ4v) is 12.0. The molecule has 0 bridgehead atoms. The molecule has 2 N–H and O–H groups in total. The van der Waals surface area contributed by atoms with Crippen molar-refractivity contribution in [1.29, 1.82) is 0 Å². The van der Waals surface area contributed by atoms with E-state index in [0.717, 1.165) is 32.1 Å². The Labute approximate surface area is 350 Å². The number of rotatable bonds is 13. The van der Waals surface area contributed by atoms with Crippen molar-refractivity contribution in [1.82, 2.24) is 9.80 Å². The van der Waals surface area contributed by atoms with Crippen molar-refractivity contribution in [3.63, 3.8) is 0 Å². The predicted octanol–water partition coefficient (Wildman–Crippen LogP) is 5.31. The summed E-state index contributed by atoms with van der Waals surface area (Å²) in [6, 6.07) is -0.317. The Kier molecular flexibility index (Phi) is 11.6. The monoisotopic (exact) mass is 830 g/mol. The second kappa shape index (κ2) is 15.8. The summed E-state index contributed by atoms with van der Waals surface area (Å²) in [5, 5.41) is 20.9. The number of hydrogen-bond acceptors (Lipinski definition) is 12. The molecular weight excluding hydrogens is 760 g/mol. The number of likely N-dealkylation sites (tertiary alicyclic amines) is 2. The Morgan fingerprint density at radius 2 is 1.47 bits per heavy atom. The van der Waals surface area contributed by atoms with Crippen LogP contribution in [0.15, 0.2) is 23.3 Å². The van der Waals surface area contributed by atoms with Crippen LogP contribution in [0.4, 0.5) is 9.59 Å². The SMILES string of the molecule is CO[C@@H]1[C@H](OC(=O)N2CCC(O)C2)CCC2(CO2)[C@H]1[C@@]1(C)O[C@@H]1C/C=C(\C)CC1C[C@@H](OC(=O)N2CCCC2C(C)(C)O)[C@@H](OC)[C@H]([C@@]2(C)O[C@@H]2CC=C(C)C)C12CO2. The summed E-state index contributed by atoms with van der Waals surface area (Å²) >= 11 is 0. The molecule has 5 unspecified atom stereocenters. The van der Waals surface area contributed by atoms with Crippen molar-refractivity contribution < 1.29 is 57.7 Å². The van der Waals surface area contributed by atoms with E-state index < -0.39 is 65.1 Å². The van der Waals surface area contributed by atoms with Gasteiger partial charge in [0.25, 0.3) is 0 Å². The third kappa shape index (κ3) is 8.11. The normalized spacial score (nSPS) is 45.1. The molecule has 0 aromatic heterocycles. The van der Waals surface area contributed by atoms with E-state index >= 15 is 0 Å². The van der Waals surface area contributed by atoms with Crippen molar-refractivity contribution in [2.45, 2.75) is 183 Å². The summed E-state index contributed by atoms with van der Waals surface area (Å²) in [7, 11) is 3.37. The zero-order chi connectivity index (χ0) is 42.3. The van der Waals surface area contributed by atoms with E-state index in [1.165, 1.54) is 11.1 Å². The smallest absolute Gasteiger partial charge is 0.410 e. The lowest BCUT2D eigenvalue weighted by atomic mass is 9.62. The summed E-state index contributed by atoms with van der Waals surface area (Å²) in [6.45, 7) is 16.7. The molecule has 6 aliphatic heterocycles. The first-order chi connectivity index (χ1) is 27.9. The first-order valence-electron chi connectivity index (χ1n) is 22.2. The van der Waals surface area contributed by atoms with Gasteiger partial charge in [-0.3, -0.25) is 0 Å². The largest absolute Gasteiger partial charge is 0.443 e. The van der Waals surface area contributed by atoms with Crippen molar-refractivity contribution in [2.75, 3.05) is 47.1 Å². The first kappa shape index (κ1) is 43.4. The van der Waals surface area contributed by atoms with E-state index in [-0.39, 0.29) is 48.1 Å². The minimum atomic E-state index is -1.04. The molecule has 15 atom stereocenters. The second-order valence-corrected chi connectivity index (χ2v) is 20.3. The molecule has 8 aliphatic rings. The summed E-state index contributed by atoms with van der Waals surface area (Å²) in [5.41, 5.74) is -0.489. The minimum absolute atomic E-state index is 0.00129. The van der Waals surface area contributed by atoms with Gasteiger partial charge in [-0.25, -0.2) is 9.59 Å². The standard InChI is InChI=1S/C45H70N2O12/c1-26(2)12-14-33-43(7,59-33)38-36(53-9)31(57-40(50)47-19-10-11-32(47)41(4,5)51)22-28(45(38)25-55-45)21-27(3)13-15-34-42(6,58-34)37-35(52-8)30(16-18-44(37)24-54-44)56-39(49)46-20-17-29(48)23-46/h12-13,28-38,48,51H,10-11,14-25H2,1-9H3/b27-13+/t28?,29?,30-,31-,32?,33-,34-,35-,36-,37-,38-,42+,43+,44?,45?/m1/s1. The summed E-state index contributed by atoms with van der Waals surface area (Å²) < 4.78 is 50.8. The number of nitrogens with zero attached hydrogens (tertiary/aromatic N) is 2. The number of aliphatic hydroxyl groups excluding tert-OH is 1. The van der Waals surface area contributed by atoms with Gasteiger partial charge in [0.1, 0.15) is 46.8 Å². The molecule has 14 heteroatoms. The molecule has 0 aromatic rings. The lowest BCUT2D eigenvalue weighted by Crippen LogP contribution is -2.60.